The minimum Gasteiger partial charge on any atom is -0.445 e. The van der Waals surface area contributed by atoms with Crippen molar-refractivity contribution in [3.63, 3.8) is 0 Å². The third kappa shape index (κ3) is 3.09. The van der Waals surface area contributed by atoms with E-state index < -0.39 is 5.67 Å². The Labute approximate surface area is 167 Å². The standard InChI is InChI=1S/C21H26FN5O2/c1-11-12(2)29-20(24-11)15-5-4-14(15)17-25-18-16(19(28)26-17)10-23-27(18)13-6-8-21(3,22)9-7-13/h10,13-15H,4-9H2,1-3H3,(H,25,26,28). The Kier molecular flexibility index (Phi) is 4.15. The molecule has 0 bridgehead atoms. The summed E-state index contributed by atoms with van der Waals surface area (Å²) in [7, 11) is 0. The lowest BCUT2D eigenvalue weighted by atomic mass is 9.73. The van der Waals surface area contributed by atoms with Gasteiger partial charge >= 0.3 is 0 Å². The highest BCUT2D eigenvalue weighted by Crippen LogP contribution is 2.48. The molecule has 8 heteroatoms. The van der Waals surface area contributed by atoms with Crippen LogP contribution in [0, 0.1) is 13.8 Å². The molecule has 3 aromatic heterocycles. The lowest BCUT2D eigenvalue weighted by Crippen LogP contribution is -2.29. The van der Waals surface area contributed by atoms with Gasteiger partial charge in [0.05, 0.1) is 17.9 Å². The fourth-order valence-corrected chi connectivity index (χ4v) is 4.62. The van der Waals surface area contributed by atoms with Gasteiger partial charge in [-0.3, -0.25) is 4.79 Å². The highest BCUT2D eigenvalue weighted by Gasteiger charge is 2.39. The first-order valence-corrected chi connectivity index (χ1v) is 10.4. The van der Waals surface area contributed by atoms with Crippen LogP contribution >= 0.6 is 0 Å². The predicted molar refractivity (Wildman–Crippen MR) is 106 cm³/mol. The van der Waals surface area contributed by atoms with E-state index in [2.05, 4.69) is 15.1 Å². The summed E-state index contributed by atoms with van der Waals surface area (Å²) in [5, 5.41) is 4.93. The van der Waals surface area contributed by atoms with Gasteiger partial charge in [0.15, 0.2) is 11.5 Å². The van der Waals surface area contributed by atoms with Crippen molar-refractivity contribution in [3.05, 3.63) is 39.7 Å². The van der Waals surface area contributed by atoms with Crippen molar-refractivity contribution < 1.29 is 8.81 Å². The molecular weight excluding hydrogens is 373 g/mol. The van der Waals surface area contributed by atoms with Gasteiger partial charge in [-0.15, -0.1) is 0 Å². The molecule has 0 amide bonds. The second-order valence-corrected chi connectivity index (χ2v) is 8.91. The van der Waals surface area contributed by atoms with Gasteiger partial charge in [-0.1, -0.05) is 0 Å². The van der Waals surface area contributed by atoms with E-state index in [1.54, 1.807) is 13.1 Å². The Bertz CT molecular complexity index is 1100. The number of nitrogens with one attached hydrogen (secondary N) is 1. The number of alkyl halides is 1. The summed E-state index contributed by atoms with van der Waals surface area (Å²) in [6, 6.07) is 0.0766. The van der Waals surface area contributed by atoms with Gasteiger partial charge in [-0.05, 0) is 59.3 Å². The number of aryl methyl sites for hydroxylation is 2. The van der Waals surface area contributed by atoms with Gasteiger partial charge in [0.2, 0.25) is 0 Å². The molecule has 0 saturated heterocycles. The van der Waals surface area contributed by atoms with Crippen molar-refractivity contribution in [1.29, 1.82) is 0 Å². The number of hydrogen-bond acceptors (Lipinski definition) is 5. The molecule has 7 nitrogen and oxygen atoms in total. The fourth-order valence-electron chi connectivity index (χ4n) is 4.62. The lowest BCUT2D eigenvalue weighted by Gasteiger charge is -2.33. The molecule has 0 aliphatic heterocycles. The first-order valence-electron chi connectivity index (χ1n) is 10.4. The van der Waals surface area contributed by atoms with Crippen LogP contribution in [0.15, 0.2) is 15.4 Å². The van der Waals surface area contributed by atoms with Crippen LogP contribution in [0.5, 0.6) is 0 Å². The molecule has 2 saturated carbocycles. The third-order valence-electron chi connectivity index (χ3n) is 6.81. The van der Waals surface area contributed by atoms with Gasteiger partial charge in [-0.25, -0.2) is 19.0 Å². The minimum atomic E-state index is -1.11. The summed E-state index contributed by atoms with van der Waals surface area (Å²) in [6.45, 7) is 5.51. The number of halogens is 1. The average Bonchev–Trinajstić information content (AvgIpc) is 3.18. The number of rotatable bonds is 3. The molecule has 29 heavy (non-hydrogen) atoms. The molecule has 154 valence electrons. The molecule has 2 atom stereocenters. The Morgan fingerprint density at radius 2 is 1.90 bits per heavy atom. The predicted octanol–water partition coefficient (Wildman–Crippen LogP) is 4.23. The zero-order chi connectivity index (χ0) is 20.3. The zero-order valence-electron chi connectivity index (χ0n) is 17.0. The molecular formula is C21H26FN5O2. The summed E-state index contributed by atoms with van der Waals surface area (Å²) in [5.74, 6) is 2.43. The number of aromatic nitrogens is 5. The van der Waals surface area contributed by atoms with Gasteiger partial charge in [0.25, 0.3) is 5.56 Å². The number of aromatic amines is 1. The van der Waals surface area contributed by atoms with Crippen LogP contribution in [-0.4, -0.2) is 30.4 Å². The Morgan fingerprint density at radius 3 is 2.52 bits per heavy atom. The molecule has 3 aromatic rings. The largest absolute Gasteiger partial charge is 0.445 e. The highest BCUT2D eigenvalue weighted by molar-refractivity contribution is 5.73. The first-order chi connectivity index (χ1) is 13.8. The van der Waals surface area contributed by atoms with E-state index >= 15 is 0 Å². The first kappa shape index (κ1) is 18.5. The van der Waals surface area contributed by atoms with Crippen molar-refractivity contribution in [2.24, 2.45) is 0 Å². The molecule has 3 heterocycles. The van der Waals surface area contributed by atoms with Crippen LogP contribution in [0.2, 0.25) is 0 Å². The molecule has 0 radical (unpaired) electrons. The van der Waals surface area contributed by atoms with Crippen LogP contribution in [0.4, 0.5) is 4.39 Å². The summed E-state index contributed by atoms with van der Waals surface area (Å²) >= 11 is 0. The van der Waals surface area contributed by atoms with Crippen molar-refractivity contribution in [3.8, 4) is 0 Å². The fraction of sp³-hybridized carbons (Fsp3) is 0.619. The summed E-state index contributed by atoms with van der Waals surface area (Å²) in [5.41, 5.74) is 0.216. The number of nitrogens with zero attached hydrogens (tertiary/aromatic N) is 4. The van der Waals surface area contributed by atoms with E-state index in [0.717, 1.165) is 30.2 Å². The third-order valence-corrected chi connectivity index (χ3v) is 6.81. The van der Waals surface area contributed by atoms with Gasteiger partial charge in [0, 0.05) is 11.8 Å². The maximum absolute atomic E-state index is 14.2. The number of oxazole rings is 1. The number of H-pyrrole nitrogens is 1. The molecule has 2 fully saturated rings. The van der Waals surface area contributed by atoms with E-state index in [-0.39, 0.29) is 23.4 Å². The van der Waals surface area contributed by atoms with E-state index in [0.29, 0.717) is 42.5 Å². The van der Waals surface area contributed by atoms with Gasteiger partial charge in [0.1, 0.15) is 22.6 Å². The summed E-state index contributed by atoms with van der Waals surface area (Å²) in [6.07, 6.45) is 5.88. The number of hydrogen-bond donors (Lipinski definition) is 1. The average molecular weight is 399 g/mol. The van der Waals surface area contributed by atoms with Gasteiger partial charge in [-0.2, -0.15) is 5.10 Å². The SMILES string of the molecule is Cc1nc(C2CCC2c2nc3c(cnn3C3CCC(C)(F)CC3)c(=O)[nH]2)oc1C. The van der Waals surface area contributed by atoms with E-state index in [4.69, 9.17) is 9.40 Å². The highest BCUT2D eigenvalue weighted by atomic mass is 19.1. The Hall–Kier alpha value is -2.51. The molecule has 2 unspecified atom stereocenters. The normalized spacial score (nSPS) is 29.9. The molecule has 1 N–H and O–H groups in total. The second-order valence-electron chi connectivity index (χ2n) is 8.91. The van der Waals surface area contributed by atoms with Crippen LogP contribution in [0.25, 0.3) is 11.0 Å². The quantitative estimate of drug-likeness (QED) is 0.712. The molecule has 0 spiro atoms. The molecule has 0 aromatic carbocycles. The van der Waals surface area contributed by atoms with Crippen molar-refractivity contribution in [2.75, 3.05) is 0 Å². The zero-order valence-corrected chi connectivity index (χ0v) is 17.0. The van der Waals surface area contributed by atoms with Crippen LogP contribution in [0.3, 0.4) is 0 Å². The van der Waals surface area contributed by atoms with Crippen molar-refractivity contribution in [1.82, 2.24) is 24.7 Å². The molecule has 2 aliphatic rings. The summed E-state index contributed by atoms with van der Waals surface area (Å²) in [4.78, 5) is 25.0. The van der Waals surface area contributed by atoms with Gasteiger partial charge < -0.3 is 9.40 Å². The maximum Gasteiger partial charge on any atom is 0.262 e. The van der Waals surface area contributed by atoms with E-state index in [9.17, 15) is 9.18 Å². The van der Waals surface area contributed by atoms with E-state index in [1.165, 1.54) is 0 Å². The molecule has 5 rings (SSSR count). The lowest BCUT2D eigenvalue weighted by molar-refractivity contribution is 0.103. The smallest absolute Gasteiger partial charge is 0.262 e. The van der Waals surface area contributed by atoms with E-state index in [1.807, 2.05) is 18.5 Å². The van der Waals surface area contributed by atoms with Crippen molar-refractivity contribution >= 4 is 11.0 Å². The second kappa shape index (κ2) is 6.50. The van der Waals surface area contributed by atoms with Crippen LogP contribution < -0.4 is 5.56 Å². The number of fused-ring (bicyclic) bond motifs is 1. The molecule has 2 aliphatic carbocycles. The maximum atomic E-state index is 14.2. The monoisotopic (exact) mass is 399 g/mol. The topological polar surface area (TPSA) is 89.6 Å². The van der Waals surface area contributed by atoms with Crippen molar-refractivity contribution in [2.45, 2.75) is 82.8 Å². The Morgan fingerprint density at radius 1 is 1.17 bits per heavy atom. The minimum absolute atomic E-state index is 0.0766. The van der Waals surface area contributed by atoms with Crippen LogP contribution in [0.1, 0.15) is 86.5 Å². The Balaban J connectivity index is 1.49. The summed E-state index contributed by atoms with van der Waals surface area (Å²) < 4.78 is 21.9. The van der Waals surface area contributed by atoms with Crippen LogP contribution in [-0.2, 0) is 0 Å².